The molecule has 0 unspecified atom stereocenters. The Labute approximate surface area is 167 Å². The number of rotatable bonds is 6. The molecule has 3 aromatic rings. The molecule has 2 aromatic carbocycles. The molecule has 1 aromatic heterocycles. The maximum absolute atomic E-state index is 12.0. The van der Waals surface area contributed by atoms with E-state index in [0.717, 1.165) is 11.7 Å². The molecular formula is C20H21N3O4S. The molecule has 0 atom stereocenters. The molecule has 28 heavy (non-hydrogen) atoms. The second-order valence-electron chi connectivity index (χ2n) is 7.21. The number of nitrogens with one attached hydrogen (secondary N) is 1. The molecular weight excluding hydrogens is 378 g/mol. The molecule has 0 saturated heterocycles. The highest BCUT2D eigenvalue weighted by Gasteiger charge is 2.14. The summed E-state index contributed by atoms with van der Waals surface area (Å²) in [5.74, 6) is -0.510. The zero-order valence-electron chi connectivity index (χ0n) is 15.9. The molecule has 0 aliphatic carbocycles. The number of hydrogen-bond donors (Lipinski definition) is 1. The van der Waals surface area contributed by atoms with E-state index in [1.807, 2.05) is 24.3 Å². The summed E-state index contributed by atoms with van der Waals surface area (Å²) in [5.41, 5.74) is 3.05. The molecule has 0 saturated carbocycles. The smallest absolute Gasteiger partial charge is 0.344 e. The molecule has 0 radical (unpaired) electrons. The molecule has 7 nitrogen and oxygen atoms in total. The largest absolute Gasteiger partial charge is 0.482 e. The normalized spacial score (nSPS) is 11.2. The van der Waals surface area contributed by atoms with E-state index in [-0.39, 0.29) is 12.0 Å². The van der Waals surface area contributed by atoms with E-state index < -0.39 is 18.5 Å². The van der Waals surface area contributed by atoms with Crippen molar-refractivity contribution < 1.29 is 19.1 Å². The summed E-state index contributed by atoms with van der Waals surface area (Å²) in [4.78, 5) is 23.8. The number of esters is 1. The maximum Gasteiger partial charge on any atom is 0.344 e. The maximum atomic E-state index is 12.0. The molecule has 0 aliphatic heterocycles. The van der Waals surface area contributed by atoms with Gasteiger partial charge in [0.2, 0.25) is 0 Å². The Bertz CT molecular complexity index is 977. The van der Waals surface area contributed by atoms with Gasteiger partial charge in [-0.05, 0) is 35.2 Å². The number of carbonyl (C=O) groups excluding carboxylic acids is 2. The van der Waals surface area contributed by atoms with Crippen LogP contribution in [0.15, 0.2) is 42.5 Å². The van der Waals surface area contributed by atoms with Crippen molar-refractivity contribution in [1.29, 1.82) is 0 Å². The van der Waals surface area contributed by atoms with Gasteiger partial charge in [-0.15, -0.1) is 0 Å². The van der Waals surface area contributed by atoms with Crippen LogP contribution < -0.4 is 10.1 Å². The standard InChI is InChI=1S/C20H21N3O4S/c1-20(2,3)13-7-9-14(10-8-13)26-12-18(25)27-11-17(24)21-15-5-4-6-16-19(15)23-28-22-16/h4-10H,11-12H2,1-3H3,(H,21,24). The monoisotopic (exact) mass is 399 g/mol. The van der Waals surface area contributed by atoms with Gasteiger partial charge in [0, 0.05) is 0 Å². The highest BCUT2D eigenvalue weighted by Crippen LogP contribution is 2.24. The summed E-state index contributed by atoms with van der Waals surface area (Å²) in [6.07, 6.45) is 0. The number of ether oxygens (including phenoxy) is 2. The molecule has 0 bridgehead atoms. The van der Waals surface area contributed by atoms with Crippen LogP contribution in [0.25, 0.3) is 11.0 Å². The van der Waals surface area contributed by atoms with E-state index in [1.54, 1.807) is 18.2 Å². The van der Waals surface area contributed by atoms with Gasteiger partial charge < -0.3 is 14.8 Å². The van der Waals surface area contributed by atoms with E-state index >= 15 is 0 Å². The second-order valence-corrected chi connectivity index (χ2v) is 7.74. The van der Waals surface area contributed by atoms with Crippen LogP contribution in [0, 0.1) is 0 Å². The Morgan fingerprint density at radius 1 is 1.04 bits per heavy atom. The molecule has 1 N–H and O–H groups in total. The number of benzene rings is 2. The fourth-order valence-electron chi connectivity index (χ4n) is 2.47. The highest BCUT2D eigenvalue weighted by molar-refractivity contribution is 7.00. The van der Waals surface area contributed by atoms with Gasteiger partial charge in [0.1, 0.15) is 16.8 Å². The lowest BCUT2D eigenvalue weighted by Gasteiger charge is -2.19. The first-order valence-electron chi connectivity index (χ1n) is 8.73. The molecule has 0 spiro atoms. The minimum absolute atomic E-state index is 0.0454. The van der Waals surface area contributed by atoms with E-state index in [1.165, 1.54) is 5.56 Å². The summed E-state index contributed by atoms with van der Waals surface area (Å²) in [6, 6.07) is 12.8. The molecule has 0 aliphatic rings. The van der Waals surface area contributed by atoms with Crippen molar-refractivity contribution in [1.82, 2.24) is 8.75 Å². The van der Waals surface area contributed by atoms with Gasteiger partial charge in [0.25, 0.3) is 5.91 Å². The van der Waals surface area contributed by atoms with Crippen molar-refractivity contribution in [3.05, 3.63) is 48.0 Å². The van der Waals surface area contributed by atoms with Crippen molar-refractivity contribution in [3.8, 4) is 5.75 Å². The molecule has 1 heterocycles. The SMILES string of the molecule is CC(C)(C)c1ccc(OCC(=O)OCC(=O)Nc2cccc3nsnc23)cc1. The van der Waals surface area contributed by atoms with E-state index in [9.17, 15) is 9.59 Å². The van der Waals surface area contributed by atoms with Crippen molar-refractivity contribution in [2.75, 3.05) is 18.5 Å². The average Bonchev–Trinajstić information content (AvgIpc) is 3.14. The lowest BCUT2D eigenvalue weighted by Crippen LogP contribution is -2.23. The minimum Gasteiger partial charge on any atom is -0.482 e. The van der Waals surface area contributed by atoms with Crippen molar-refractivity contribution in [2.24, 2.45) is 0 Å². The average molecular weight is 399 g/mol. The lowest BCUT2D eigenvalue weighted by atomic mass is 9.87. The van der Waals surface area contributed by atoms with Gasteiger partial charge in [-0.1, -0.05) is 39.0 Å². The number of anilines is 1. The number of amides is 1. The van der Waals surface area contributed by atoms with Crippen LogP contribution in [0.5, 0.6) is 5.75 Å². The van der Waals surface area contributed by atoms with Crippen LogP contribution in [0.3, 0.4) is 0 Å². The Hall–Kier alpha value is -3.00. The molecule has 8 heteroatoms. The van der Waals surface area contributed by atoms with Crippen LogP contribution in [-0.2, 0) is 19.7 Å². The first kappa shape index (κ1) is 19.8. The van der Waals surface area contributed by atoms with Crippen LogP contribution in [-0.4, -0.2) is 33.8 Å². The summed E-state index contributed by atoms with van der Waals surface area (Å²) in [6.45, 7) is 5.69. The lowest BCUT2D eigenvalue weighted by molar-refractivity contribution is -0.149. The Balaban J connectivity index is 1.45. The predicted octanol–water partition coefficient (Wildman–Crippen LogP) is 3.55. The zero-order valence-corrected chi connectivity index (χ0v) is 16.7. The highest BCUT2D eigenvalue weighted by atomic mass is 32.1. The van der Waals surface area contributed by atoms with Gasteiger partial charge in [0.05, 0.1) is 17.4 Å². The minimum atomic E-state index is -0.622. The second kappa shape index (κ2) is 8.35. The number of carbonyl (C=O) groups is 2. The van der Waals surface area contributed by atoms with Crippen LogP contribution >= 0.6 is 11.7 Å². The third-order valence-corrected chi connectivity index (χ3v) is 4.54. The predicted molar refractivity (Wildman–Crippen MR) is 108 cm³/mol. The Morgan fingerprint density at radius 3 is 2.50 bits per heavy atom. The summed E-state index contributed by atoms with van der Waals surface area (Å²) >= 11 is 1.07. The van der Waals surface area contributed by atoms with Gasteiger partial charge >= 0.3 is 5.97 Å². The van der Waals surface area contributed by atoms with Crippen molar-refractivity contribution >= 4 is 40.3 Å². The molecule has 3 rings (SSSR count). The fourth-order valence-corrected chi connectivity index (χ4v) is 3.02. The van der Waals surface area contributed by atoms with E-state index in [2.05, 4.69) is 34.8 Å². The zero-order chi connectivity index (χ0) is 20.1. The third kappa shape index (κ3) is 5.04. The summed E-state index contributed by atoms with van der Waals surface area (Å²) < 4.78 is 18.6. The summed E-state index contributed by atoms with van der Waals surface area (Å²) in [5, 5.41) is 2.67. The number of hydrogen-bond acceptors (Lipinski definition) is 7. The molecule has 146 valence electrons. The van der Waals surface area contributed by atoms with Crippen LogP contribution in [0.1, 0.15) is 26.3 Å². The van der Waals surface area contributed by atoms with Crippen molar-refractivity contribution in [2.45, 2.75) is 26.2 Å². The molecule has 0 fully saturated rings. The number of fused-ring (bicyclic) bond motifs is 1. The van der Waals surface area contributed by atoms with Gasteiger partial charge in [-0.3, -0.25) is 4.79 Å². The van der Waals surface area contributed by atoms with Crippen LogP contribution in [0.2, 0.25) is 0 Å². The van der Waals surface area contributed by atoms with Crippen LogP contribution in [0.4, 0.5) is 5.69 Å². The number of nitrogens with zero attached hydrogens (tertiary/aromatic N) is 2. The Kier molecular flexibility index (Phi) is 5.89. The van der Waals surface area contributed by atoms with E-state index in [0.29, 0.717) is 22.5 Å². The van der Waals surface area contributed by atoms with E-state index in [4.69, 9.17) is 9.47 Å². The quantitative estimate of drug-likeness (QED) is 0.638. The van der Waals surface area contributed by atoms with Gasteiger partial charge in [-0.2, -0.15) is 8.75 Å². The number of aromatic nitrogens is 2. The topological polar surface area (TPSA) is 90.4 Å². The summed E-state index contributed by atoms with van der Waals surface area (Å²) in [7, 11) is 0. The van der Waals surface area contributed by atoms with Gasteiger partial charge in [0.15, 0.2) is 13.2 Å². The van der Waals surface area contributed by atoms with Gasteiger partial charge in [-0.25, -0.2) is 4.79 Å². The van der Waals surface area contributed by atoms with Crippen molar-refractivity contribution in [3.63, 3.8) is 0 Å². The first-order chi connectivity index (χ1) is 13.3. The first-order valence-corrected chi connectivity index (χ1v) is 9.46. The fraction of sp³-hybridized carbons (Fsp3) is 0.300. The molecule has 1 amide bonds. The Morgan fingerprint density at radius 2 is 1.79 bits per heavy atom. The third-order valence-electron chi connectivity index (χ3n) is 4.00.